The predicted molar refractivity (Wildman–Crippen MR) is 189 cm³/mol. The van der Waals surface area contributed by atoms with Crippen molar-refractivity contribution in [2.45, 2.75) is 12.5 Å². The van der Waals surface area contributed by atoms with Crippen LogP contribution in [0.5, 0.6) is 0 Å². The third kappa shape index (κ3) is 3.13. The summed E-state index contributed by atoms with van der Waals surface area (Å²) in [4.78, 5) is 12.9. The minimum atomic E-state index is 0.260. The minimum absolute atomic E-state index is 0.260. The van der Waals surface area contributed by atoms with E-state index in [-0.39, 0.29) is 6.04 Å². The molecule has 2 aliphatic rings. The number of hydrogen-bond donors (Lipinski definition) is 0. The largest absolute Gasteiger partial charge is 0.333 e. The molecule has 6 aromatic carbocycles. The SMILES string of the molecule is C1=c2ccccc2=C2c3cc(-c4cc5c6ccccc6n6c7nc8ccccc8nc7c(c4)c56)ccc3N(c3ccccc3)C2C1. The highest BCUT2D eigenvalue weighted by Gasteiger charge is 2.36. The molecule has 4 heteroatoms. The predicted octanol–water partition coefficient (Wildman–Crippen LogP) is 8.35. The molecule has 214 valence electrons. The summed E-state index contributed by atoms with van der Waals surface area (Å²) in [6.45, 7) is 0. The average Bonchev–Trinajstić information content (AvgIpc) is 3.75. The number of anilines is 2. The normalized spacial score (nSPS) is 15.6. The molecule has 46 heavy (non-hydrogen) atoms. The van der Waals surface area contributed by atoms with Crippen molar-refractivity contribution < 1.29 is 0 Å². The van der Waals surface area contributed by atoms with Gasteiger partial charge in [-0.25, -0.2) is 9.97 Å². The molecule has 0 bridgehead atoms. The maximum absolute atomic E-state index is 5.19. The first-order valence-electron chi connectivity index (χ1n) is 15.9. The average molecular weight is 587 g/mol. The number of nitrogens with zero attached hydrogens (tertiary/aromatic N) is 4. The second-order valence-electron chi connectivity index (χ2n) is 12.6. The van der Waals surface area contributed by atoms with Gasteiger partial charge in [0.15, 0.2) is 5.65 Å². The van der Waals surface area contributed by atoms with Gasteiger partial charge >= 0.3 is 0 Å². The van der Waals surface area contributed by atoms with Gasteiger partial charge < -0.3 is 4.90 Å². The van der Waals surface area contributed by atoms with Crippen molar-refractivity contribution in [2.75, 3.05) is 4.90 Å². The van der Waals surface area contributed by atoms with Gasteiger partial charge in [-0.2, -0.15) is 0 Å². The van der Waals surface area contributed by atoms with Crippen molar-refractivity contribution in [3.05, 3.63) is 149 Å². The Balaban J connectivity index is 1.22. The van der Waals surface area contributed by atoms with Crippen LogP contribution >= 0.6 is 0 Å². The number of benzene rings is 6. The summed E-state index contributed by atoms with van der Waals surface area (Å²) in [5, 5.41) is 6.28. The van der Waals surface area contributed by atoms with E-state index >= 15 is 0 Å². The standard InChI is InChI=1S/C42H26N4/c1-2-11-28(12-3-1)45-37-20-19-26(22-32(37)39-29-13-5-4-10-25(29)18-21-38(39)45)27-23-31-30-14-6-9-17-36(30)46-41(31)33(24-27)40-42(46)44-35-16-8-7-15-34(35)43-40/h1-20,22-24,38H,21H2. The monoisotopic (exact) mass is 586 g/mol. The van der Waals surface area contributed by atoms with E-state index in [0.717, 1.165) is 34.0 Å². The van der Waals surface area contributed by atoms with Crippen LogP contribution in [0.2, 0.25) is 0 Å². The zero-order chi connectivity index (χ0) is 29.9. The van der Waals surface area contributed by atoms with E-state index in [1.807, 2.05) is 12.1 Å². The number of aromatic nitrogens is 3. The molecule has 1 atom stereocenters. The third-order valence-corrected chi connectivity index (χ3v) is 10.2. The van der Waals surface area contributed by atoms with Crippen LogP contribution < -0.4 is 15.3 Å². The Hall–Kier alpha value is -6.00. The van der Waals surface area contributed by atoms with Crippen molar-refractivity contribution in [3.8, 4) is 11.1 Å². The van der Waals surface area contributed by atoms with Gasteiger partial charge in [-0.15, -0.1) is 0 Å². The molecule has 1 aliphatic carbocycles. The van der Waals surface area contributed by atoms with Gasteiger partial charge in [0.25, 0.3) is 0 Å². The van der Waals surface area contributed by atoms with E-state index in [9.17, 15) is 0 Å². The molecule has 0 fully saturated rings. The smallest absolute Gasteiger partial charge is 0.165 e. The molecule has 11 rings (SSSR count). The third-order valence-electron chi connectivity index (χ3n) is 10.2. The fourth-order valence-corrected chi connectivity index (χ4v) is 8.22. The molecule has 9 aromatic rings. The van der Waals surface area contributed by atoms with E-state index in [1.54, 1.807) is 0 Å². The van der Waals surface area contributed by atoms with E-state index in [0.29, 0.717) is 0 Å². The van der Waals surface area contributed by atoms with Gasteiger partial charge in [0.1, 0.15) is 5.52 Å². The Kier molecular flexibility index (Phi) is 4.66. The first kappa shape index (κ1) is 24.3. The van der Waals surface area contributed by atoms with Crippen molar-refractivity contribution in [3.63, 3.8) is 0 Å². The topological polar surface area (TPSA) is 33.4 Å². The number of para-hydroxylation sites is 4. The second-order valence-corrected chi connectivity index (χ2v) is 12.6. The Morgan fingerprint density at radius 3 is 2.28 bits per heavy atom. The summed E-state index contributed by atoms with van der Waals surface area (Å²) in [6.07, 6.45) is 3.38. The molecule has 0 amide bonds. The number of fused-ring (bicyclic) bond motifs is 11. The molecular weight excluding hydrogens is 560 g/mol. The highest BCUT2D eigenvalue weighted by molar-refractivity contribution is 6.23. The lowest BCUT2D eigenvalue weighted by molar-refractivity contribution is 0.845. The second kappa shape index (κ2) is 8.80. The van der Waals surface area contributed by atoms with Crippen LogP contribution in [0.3, 0.4) is 0 Å². The fraction of sp³-hybridized carbons (Fsp3) is 0.0476. The Labute approximate surface area is 264 Å². The summed E-state index contributed by atoms with van der Waals surface area (Å²) >= 11 is 0. The van der Waals surface area contributed by atoms with Crippen molar-refractivity contribution in [2.24, 2.45) is 0 Å². The maximum atomic E-state index is 5.19. The molecule has 0 saturated heterocycles. The van der Waals surface area contributed by atoms with Crippen molar-refractivity contribution >= 4 is 72.4 Å². The molecule has 1 unspecified atom stereocenters. The van der Waals surface area contributed by atoms with Crippen LogP contribution in [-0.2, 0) is 0 Å². The number of rotatable bonds is 2. The zero-order valence-electron chi connectivity index (χ0n) is 24.9. The summed E-state index contributed by atoms with van der Waals surface area (Å²) in [5.41, 5.74) is 13.7. The first-order chi connectivity index (χ1) is 22.8. The Morgan fingerprint density at radius 1 is 0.609 bits per heavy atom. The van der Waals surface area contributed by atoms with Crippen LogP contribution in [-0.4, -0.2) is 20.4 Å². The van der Waals surface area contributed by atoms with Gasteiger partial charge in [-0.05, 0) is 88.2 Å². The lowest BCUT2D eigenvalue weighted by atomic mass is 9.90. The lowest BCUT2D eigenvalue weighted by Crippen LogP contribution is -2.38. The van der Waals surface area contributed by atoms with Crippen molar-refractivity contribution in [1.82, 2.24) is 14.4 Å². The van der Waals surface area contributed by atoms with Gasteiger partial charge in [0.05, 0.1) is 28.1 Å². The highest BCUT2D eigenvalue weighted by Crippen LogP contribution is 2.48. The summed E-state index contributed by atoms with van der Waals surface area (Å²) in [6, 6.07) is 48.6. The molecule has 3 aromatic heterocycles. The molecule has 0 spiro atoms. The van der Waals surface area contributed by atoms with E-state index in [4.69, 9.17) is 9.97 Å². The van der Waals surface area contributed by atoms with Gasteiger partial charge in [0, 0.05) is 33.1 Å². The molecule has 4 nitrogen and oxygen atoms in total. The van der Waals surface area contributed by atoms with Gasteiger partial charge in [-0.1, -0.05) is 84.9 Å². The molecule has 4 heterocycles. The van der Waals surface area contributed by atoms with E-state index < -0.39 is 0 Å². The summed E-state index contributed by atoms with van der Waals surface area (Å²) in [5.74, 6) is 0. The highest BCUT2D eigenvalue weighted by atomic mass is 15.2. The maximum Gasteiger partial charge on any atom is 0.165 e. The molecule has 0 radical (unpaired) electrons. The van der Waals surface area contributed by atoms with Crippen LogP contribution in [0.25, 0.3) is 72.2 Å². The van der Waals surface area contributed by atoms with E-state index in [1.165, 1.54) is 65.9 Å². The minimum Gasteiger partial charge on any atom is -0.333 e. The number of hydrogen-bond acceptors (Lipinski definition) is 3. The Bertz CT molecular complexity index is 2850. The van der Waals surface area contributed by atoms with Gasteiger partial charge in [-0.3, -0.25) is 4.40 Å². The van der Waals surface area contributed by atoms with Crippen LogP contribution in [0.15, 0.2) is 133 Å². The summed E-state index contributed by atoms with van der Waals surface area (Å²) < 4.78 is 2.31. The van der Waals surface area contributed by atoms with Crippen LogP contribution in [0, 0.1) is 0 Å². The zero-order valence-corrected chi connectivity index (χ0v) is 24.9. The lowest BCUT2D eigenvalue weighted by Gasteiger charge is -2.28. The molecular formula is C42H26N4. The Morgan fingerprint density at radius 2 is 1.37 bits per heavy atom. The van der Waals surface area contributed by atoms with Gasteiger partial charge in [0.2, 0.25) is 0 Å². The van der Waals surface area contributed by atoms with Crippen LogP contribution in [0.4, 0.5) is 11.4 Å². The molecule has 0 saturated carbocycles. The van der Waals surface area contributed by atoms with E-state index in [2.05, 4.69) is 137 Å². The van der Waals surface area contributed by atoms with Crippen LogP contribution in [0.1, 0.15) is 12.0 Å². The fourth-order valence-electron chi connectivity index (χ4n) is 8.22. The first-order valence-corrected chi connectivity index (χ1v) is 15.9. The quantitative estimate of drug-likeness (QED) is 0.204. The summed E-state index contributed by atoms with van der Waals surface area (Å²) in [7, 11) is 0. The molecule has 1 aliphatic heterocycles. The molecule has 0 N–H and O–H groups in total. The van der Waals surface area contributed by atoms with Crippen molar-refractivity contribution in [1.29, 1.82) is 0 Å².